The molecule has 0 radical (unpaired) electrons. The topological polar surface area (TPSA) is 75.6 Å². The van der Waals surface area contributed by atoms with Crippen molar-refractivity contribution in [2.24, 2.45) is 11.8 Å². The summed E-state index contributed by atoms with van der Waals surface area (Å²) in [6.07, 6.45) is 1.82. The zero-order chi connectivity index (χ0) is 12.0. The minimum atomic E-state index is -0.936. The van der Waals surface area contributed by atoms with Gasteiger partial charge in [0.05, 0.1) is 6.42 Å². The van der Waals surface area contributed by atoms with Crippen LogP contribution in [-0.4, -0.2) is 36.7 Å². The number of hydrogen-bond acceptors (Lipinski definition) is 3. The summed E-state index contributed by atoms with van der Waals surface area (Å²) in [5, 5.41) is 11.4. The highest BCUT2D eigenvalue weighted by molar-refractivity contribution is 5.82. The van der Waals surface area contributed by atoms with Crippen molar-refractivity contribution < 1.29 is 19.4 Å². The first-order chi connectivity index (χ1) is 7.59. The highest BCUT2D eigenvalue weighted by atomic mass is 16.5. The molecule has 2 N–H and O–H groups in total. The molecular weight excluding hydrogens is 210 g/mol. The maximum absolute atomic E-state index is 11.5. The Balaban J connectivity index is 2.20. The summed E-state index contributed by atoms with van der Waals surface area (Å²) < 4.78 is 5.22. The molecule has 1 aliphatic heterocycles. The van der Waals surface area contributed by atoms with Crippen molar-refractivity contribution in [3.05, 3.63) is 0 Å². The molecule has 1 rings (SSSR count). The molecule has 5 heteroatoms. The Hall–Kier alpha value is -1.10. The van der Waals surface area contributed by atoms with Crippen LogP contribution in [0, 0.1) is 11.8 Å². The predicted molar refractivity (Wildman–Crippen MR) is 58.0 cm³/mol. The number of aliphatic carboxylic acids is 1. The molecule has 1 saturated heterocycles. The molecule has 0 aromatic rings. The van der Waals surface area contributed by atoms with E-state index in [9.17, 15) is 9.59 Å². The van der Waals surface area contributed by atoms with Gasteiger partial charge in [-0.2, -0.15) is 0 Å². The van der Waals surface area contributed by atoms with Crippen LogP contribution in [0.3, 0.4) is 0 Å². The molecule has 1 amide bonds. The molecule has 1 aliphatic rings. The van der Waals surface area contributed by atoms with Gasteiger partial charge in [0.2, 0.25) is 5.91 Å². The van der Waals surface area contributed by atoms with E-state index in [2.05, 4.69) is 5.32 Å². The van der Waals surface area contributed by atoms with Gasteiger partial charge in [0.15, 0.2) is 0 Å². The van der Waals surface area contributed by atoms with Crippen LogP contribution in [0.2, 0.25) is 0 Å². The summed E-state index contributed by atoms with van der Waals surface area (Å²) in [6.45, 7) is 3.77. The maximum atomic E-state index is 11.5. The number of nitrogens with one attached hydrogen (secondary N) is 1. The monoisotopic (exact) mass is 229 g/mol. The standard InChI is InChI=1S/C11H19NO4/c1-8(6-10(13)14)11(15)12-7-9-2-4-16-5-3-9/h8-9H,2-7H2,1H3,(H,12,15)(H,13,14). The predicted octanol–water partition coefficient (Wildman–Crippen LogP) is 0.640. The van der Waals surface area contributed by atoms with E-state index in [1.807, 2.05) is 0 Å². The van der Waals surface area contributed by atoms with Crippen LogP contribution in [0.15, 0.2) is 0 Å². The van der Waals surface area contributed by atoms with Crippen molar-refractivity contribution >= 4 is 11.9 Å². The molecular formula is C11H19NO4. The number of hydrogen-bond donors (Lipinski definition) is 2. The Bertz CT molecular complexity index is 248. The fourth-order valence-electron chi connectivity index (χ4n) is 1.72. The number of carboxylic acid groups (broad SMARTS) is 1. The zero-order valence-corrected chi connectivity index (χ0v) is 9.57. The third kappa shape index (κ3) is 4.61. The molecule has 1 fully saturated rings. The summed E-state index contributed by atoms with van der Waals surface area (Å²) in [6, 6.07) is 0. The molecule has 0 aromatic heterocycles. The average molecular weight is 229 g/mol. The lowest BCUT2D eigenvalue weighted by Gasteiger charge is -2.22. The van der Waals surface area contributed by atoms with Gasteiger partial charge in [-0.1, -0.05) is 6.92 Å². The maximum Gasteiger partial charge on any atom is 0.304 e. The molecule has 0 saturated carbocycles. The van der Waals surface area contributed by atoms with Crippen LogP contribution >= 0.6 is 0 Å². The Labute approximate surface area is 95.2 Å². The van der Waals surface area contributed by atoms with Crippen molar-refractivity contribution in [2.75, 3.05) is 19.8 Å². The van der Waals surface area contributed by atoms with E-state index >= 15 is 0 Å². The van der Waals surface area contributed by atoms with Crippen LogP contribution in [-0.2, 0) is 14.3 Å². The fourth-order valence-corrected chi connectivity index (χ4v) is 1.72. The second-order valence-corrected chi connectivity index (χ2v) is 4.30. The summed E-state index contributed by atoms with van der Waals surface area (Å²) in [5.74, 6) is -1.10. The van der Waals surface area contributed by atoms with Crippen LogP contribution < -0.4 is 5.32 Å². The number of rotatable bonds is 5. The molecule has 1 heterocycles. The van der Waals surface area contributed by atoms with Crippen molar-refractivity contribution in [1.29, 1.82) is 0 Å². The molecule has 5 nitrogen and oxygen atoms in total. The molecule has 0 bridgehead atoms. The lowest BCUT2D eigenvalue weighted by Crippen LogP contribution is -2.35. The molecule has 0 aliphatic carbocycles. The van der Waals surface area contributed by atoms with Crippen molar-refractivity contribution in [3.63, 3.8) is 0 Å². The SMILES string of the molecule is CC(CC(=O)O)C(=O)NCC1CCOCC1. The van der Waals surface area contributed by atoms with Crippen LogP contribution in [0.4, 0.5) is 0 Å². The first-order valence-corrected chi connectivity index (χ1v) is 5.67. The zero-order valence-electron chi connectivity index (χ0n) is 9.57. The van der Waals surface area contributed by atoms with Gasteiger partial charge in [-0.25, -0.2) is 0 Å². The number of carboxylic acids is 1. The van der Waals surface area contributed by atoms with Crippen LogP contribution in [0.25, 0.3) is 0 Å². The minimum absolute atomic E-state index is 0.111. The van der Waals surface area contributed by atoms with Gasteiger partial charge in [-0.05, 0) is 18.8 Å². The second-order valence-electron chi connectivity index (χ2n) is 4.30. The highest BCUT2D eigenvalue weighted by Crippen LogP contribution is 2.13. The molecule has 16 heavy (non-hydrogen) atoms. The third-order valence-electron chi connectivity index (χ3n) is 2.83. The number of carbonyl (C=O) groups is 2. The minimum Gasteiger partial charge on any atom is -0.481 e. The van der Waals surface area contributed by atoms with E-state index in [4.69, 9.17) is 9.84 Å². The normalized spacial score (nSPS) is 19.1. The molecule has 92 valence electrons. The summed E-state index contributed by atoms with van der Waals surface area (Å²) in [5.41, 5.74) is 0. The van der Waals surface area contributed by atoms with Crippen molar-refractivity contribution in [3.8, 4) is 0 Å². The summed E-state index contributed by atoms with van der Waals surface area (Å²) in [4.78, 5) is 21.9. The highest BCUT2D eigenvalue weighted by Gasteiger charge is 2.19. The largest absolute Gasteiger partial charge is 0.481 e. The van der Waals surface area contributed by atoms with E-state index in [0.29, 0.717) is 12.5 Å². The number of amides is 1. The van der Waals surface area contributed by atoms with E-state index in [-0.39, 0.29) is 12.3 Å². The van der Waals surface area contributed by atoms with Gasteiger partial charge in [0, 0.05) is 25.7 Å². The van der Waals surface area contributed by atoms with E-state index in [1.165, 1.54) is 0 Å². The number of ether oxygens (including phenoxy) is 1. The Morgan fingerprint density at radius 2 is 2.06 bits per heavy atom. The van der Waals surface area contributed by atoms with Gasteiger partial charge in [0.1, 0.15) is 0 Å². The van der Waals surface area contributed by atoms with E-state index in [0.717, 1.165) is 26.1 Å². The Morgan fingerprint density at radius 1 is 1.44 bits per heavy atom. The first kappa shape index (κ1) is 13.0. The summed E-state index contributed by atoms with van der Waals surface area (Å²) >= 11 is 0. The lowest BCUT2D eigenvalue weighted by atomic mass is 10.00. The third-order valence-corrected chi connectivity index (χ3v) is 2.83. The van der Waals surface area contributed by atoms with Gasteiger partial charge in [-0.15, -0.1) is 0 Å². The number of carbonyl (C=O) groups excluding carboxylic acids is 1. The molecule has 0 aromatic carbocycles. The van der Waals surface area contributed by atoms with Crippen molar-refractivity contribution in [1.82, 2.24) is 5.32 Å². The van der Waals surface area contributed by atoms with Gasteiger partial charge >= 0.3 is 5.97 Å². The summed E-state index contributed by atoms with van der Waals surface area (Å²) in [7, 11) is 0. The average Bonchev–Trinajstić information content (AvgIpc) is 2.26. The molecule has 1 atom stereocenters. The van der Waals surface area contributed by atoms with Crippen LogP contribution in [0.5, 0.6) is 0 Å². The van der Waals surface area contributed by atoms with Gasteiger partial charge in [-0.3, -0.25) is 9.59 Å². The van der Waals surface area contributed by atoms with Gasteiger partial charge in [0.25, 0.3) is 0 Å². The fraction of sp³-hybridized carbons (Fsp3) is 0.818. The smallest absolute Gasteiger partial charge is 0.304 e. The molecule has 1 unspecified atom stereocenters. The van der Waals surface area contributed by atoms with E-state index < -0.39 is 11.9 Å². The quantitative estimate of drug-likeness (QED) is 0.725. The lowest BCUT2D eigenvalue weighted by molar-refractivity contribution is -0.140. The van der Waals surface area contributed by atoms with Crippen LogP contribution in [0.1, 0.15) is 26.2 Å². The Kier molecular flexibility index (Phi) is 5.25. The first-order valence-electron chi connectivity index (χ1n) is 5.67. The molecule has 0 spiro atoms. The van der Waals surface area contributed by atoms with Crippen molar-refractivity contribution in [2.45, 2.75) is 26.2 Å². The van der Waals surface area contributed by atoms with E-state index in [1.54, 1.807) is 6.92 Å². The Morgan fingerprint density at radius 3 is 2.62 bits per heavy atom. The second kappa shape index (κ2) is 6.48. The van der Waals surface area contributed by atoms with Gasteiger partial charge < -0.3 is 15.2 Å².